The third kappa shape index (κ3) is 215. The van der Waals surface area contributed by atoms with Crippen molar-refractivity contribution in [3.8, 4) is 0 Å². The Morgan fingerprint density at radius 2 is 1.50 bits per heavy atom. The summed E-state index contributed by atoms with van der Waals surface area (Å²) in [7, 11) is -3.67. The summed E-state index contributed by atoms with van der Waals surface area (Å²) in [5.41, 5.74) is 0. The fraction of sp³-hybridized carbons (Fsp3) is 1.00. The quantitative estimate of drug-likeness (QED) is 0.320. The van der Waals surface area contributed by atoms with E-state index in [9.17, 15) is 8.42 Å². The van der Waals surface area contributed by atoms with Gasteiger partial charge in [-0.3, -0.25) is 4.55 Å². The summed E-state index contributed by atoms with van der Waals surface area (Å²) >= 11 is 0. The van der Waals surface area contributed by atoms with Crippen molar-refractivity contribution >= 4 is 29.0 Å². The first kappa shape index (κ1) is 9.72. The van der Waals surface area contributed by atoms with Crippen LogP contribution in [0.1, 0.15) is 0 Å². The predicted molar refractivity (Wildman–Crippen MR) is 23.2 cm³/mol. The fourth-order valence-corrected chi connectivity index (χ4v) is 0. The van der Waals surface area contributed by atoms with Crippen LogP contribution in [0.3, 0.4) is 0 Å². The van der Waals surface area contributed by atoms with Gasteiger partial charge in [-0.05, 0) is 0 Å². The van der Waals surface area contributed by atoms with Crippen LogP contribution in [0.25, 0.3) is 0 Å². The number of hydrogen-bond acceptors (Lipinski definition) is 2. The van der Waals surface area contributed by atoms with Crippen molar-refractivity contribution in [3.05, 3.63) is 0 Å². The van der Waals surface area contributed by atoms with E-state index in [2.05, 4.69) is 0 Å². The molecule has 0 aromatic rings. The first-order chi connectivity index (χ1) is 2.00. The maximum atomic E-state index is 9.19. The van der Waals surface area contributed by atoms with Crippen LogP contribution in [0.5, 0.6) is 0 Å². The van der Waals surface area contributed by atoms with Crippen molar-refractivity contribution in [1.29, 1.82) is 0 Å². The van der Waals surface area contributed by atoms with Crippen LogP contribution in [0.4, 0.5) is 0 Å². The zero-order chi connectivity index (χ0) is 4.50. The molecule has 33 valence electrons. The maximum Gasteiger partial charge on any atom is 0.261 e. The minimum absolute atomic E-state index is 0. The van der Waals surface area contributed by atoms with E-state index < -0.39 is 10.1 Å². The van der Waals surface area contributed by atoms with Crippen LogP contribution in [-0.2, 0) is 10.1 Å². The summed E-state index contributed by atoms with van der Waals surface area (Å²) in [5.74, 6) is 0. The van der Waals surface area contributed by atoms with Gasteiger partial charge in [-0.2, -0.15) is 8.42 Å². The van der Waals surface area contributed by atoms with Crippen molar-refractivity contribution < 1.29 is 13.0 Å². The van der Waals surface area contributed by atoms with Crippen LogP contribution in [0.15, 0.2) is 0 Å². The molecular formula is CH4LiO3S. The van der Waals surface area contributed by atoms with Gasteiger partial charge in [0.15, 0.2) is 0 Å². The maximum absolute atomic E-state index is 9.19. The zero-order valence-corrected chi connectivity index (χ0v) is 4.49. The van der Waals surface area contributed by atoms with E-state index in [1.807, 2.05) is 0 Å². The van der Waals surface area contributed by atoms with Crippen LogP contribution >= 0.6 is 0 Å². The second-order valence-electron chi connectivity index (χ2n) is 0.733. The Kier molecular flexibility index (Phi) is 4.28. The molecule has 0 saturated heterocycles. The molecule has 6 heavy (non-hydrogen) atoms. The van der Waals surface area contributed by atoms with Crippen LogP contribution < -0.4 is 0 Å². The Hall–Kier alpha value is 0.507. The van der Waals surface area contributed by atoms with Gasteiger partial charge in [0.05, 0.1) is 6.26 Å². The largest absolute Gasteiger partial charge is 0.286 e. The van der Waals surface area contributed by atoms with Gasteiger partial charge in [0, 0.05) is 18.9 Å². The Morgan fingerprint density at radius 3 is 1.50 bits per heavy atom. The molecule has 0 saturated carbocycles. The van der Waals surface area contributed by atoms with E-state index in [-0.39, 0.29) is 18.9 Å². The van der Waals surface area contributed by atoms with Crippen LogP contribution in [0.2, 0.25) is 0 Å². The second kappa shape index (κ2) is 2.64. The monoisotopic (exact) mass is 103 g/mol. The first-order valence-corrected chi connectivity index (χ1v) is 2.77. The fourth-order valence-electron chi connectivity index (χ4n) is 0. The van der Waals surface area contributed by atoms with Crippen molar-refractivity contribution in [1.82, 2.24) is 0 Å². The predicted octanol–water partition coefficient (Wildman–Crippen LogP) is -0.877. The molecule has 0 rings (SSSR count). The molecule has 0 aromatic heterocycles. The smallest absolute Gasteiger partial charge is 0.261 e. The summed E-state index contributed by atoms with van der Waals surface area (Å²) in [5, 5.41) is 0. The van der Waals surface area contributed by atoms with Crippen molar-refractivity contribution in [3.63, 3.8) is 0 Å². The van der Waals surface area contributed by atoms with Crippen molar-refractivity contribution in [2.75, 3.05) is 6.26 Å². The van der Waals surface area contributed by atoms with Gasteiger partial charge < -0.3 is 0 Å². The SMILES string of the molecule is CS(=O)(=O)O.[Li]. The molecule has 1 radical (unpaired) electrons. The average molecular weight is 103 g/mol. The van der Waals surface area contributed by atoms with Crippen LogP contribution in [-0.4, -0.2) is 38.1 Å². The molecule has 0 unspecified atom stereocenters. The van der Waals surface area contributed by atoms with E-state index in [0.29, 0.717) is 6.26 Å². The van der Waals surface area contributed by atoms with Gasteiger partial charge >= 0.3 is 0 Å². The third-order valence-electron chi connectivity index (χ3n) is 0. The minimum atomic E-state index is -3.67. The Balaban J connectivity index is 0. The molecule has 0 atom stereocenters. The molecule has 1 N–H and O–H groups in total. The number of rotatable bonds is 0. The van der Waals surface area contributed by atoms with Gasteiger partial charge in [0.1, 0.15) is 0 Å². The molecule has 0 bridgehead atoms. The van der Waals surface area contributed by atoms with E-state index >= 15 is 0 Å². The molecule has 0 spiro atoms. The number of hydrogen-bond donors (Lipinski definition) is 1. The summed E-state index contributed by atoms with van der Waals surface area (Å²) in [6.45, 7) is 0. The molecule has 0 amide bonds. The molecule has 3 nitrogen and oxygen atoms in total. The van der Waals surface area contributed by atoms with Gasteiger partial charge in [0.2, 0.25) is 0 Å². The molecule has 0 heterocycles. The van der Waals surface area contributed by atoms with Gasteiger partial charge in [-0.25, -0.2) is 0 Å². The summed E-state index contributed by atoms with van der Waals surface area (Å²) < 4.78 is 25.9. The van der Waals surface area contributed by atoms with Gasteiger partial charge in [-0.1, -0.05) is 0 Å². The molecule has 0 aromatic carbocycles. The zero-order valence-electron chi connectivity index (χ0n) is 3.67. The van der Waals surface area contributed by atoms with Gasteiger partial charge in [0.25, 0.3) is 10.1 Å². The normalized spacial score (nSPS) is 9.67. The van der Waals surface area contributed by atoms with E-state index in [0.717, 1.165) is 0 Å². The minimum Gasteiger partial charge on any atom is -0.286 e. The Morgan fingerprint density at radius 1 is 1.50 bits per heavy atom. The molecule has 0 aliphatic carbocycles. The standard InChI is InChI=1S/CH4O3S.Li/c1-5(2,3)4;/h1H3,(H,2,3,4);. The van der Waals surface area contributed by atoms with E-state index in [1.165, 1.54) is 0 Å². The molecule has 5 heteroatoms. The summed E-state index contributed by atoms with van der Waals surface area (Å²) in [4.78, 5) is 0. The van der Waals surface area contributed by atoms with Crippen molar-refractivity contribution in [2.24, 2.45) is 0 Å². The molecule has 0 fully saturated rings. The van der Waals surface area contributed by atoms with Gasteiger partial charge in [-0.15, -0.1) is 0 Å². The first-order valence-electron chi connectivity index (χ1n) is 0.924. The Labute approximate surface area is 48.7 Å². The molecule has 0 aliphatic heterocycles. The second-order valence-corrected chi connectivity index (χ2v) is 2.20. The van der Waals surface area contributed by atoms with E-state index in [4.69, 9.17) is 4.55 Å². The summed E-state index contributed by atoms with van der Waals surface area (Å²) in [6, 6.07) is 0. The molecular weight excluding hydrogens is 99.0 g/mol. The van der Waals surface area contributed by atoms with Crippen LogP contribution in [0, 0.1) is 0 Å². The average Bonchev–Trinajstić information content (AvgIpc) is 0.722. The topological polar surface area (TPSA) is 54.4 Å². The molecule has 0 aliphatic rings. The third-order valence-corrected chi connectivity index (χ3v) is 0. The summed E-state index contributed by atoms with van der Waals surface area (Å²) in [6.07, 6.45) is 0.715. The Bertz CT molecular complexity index is 94.0. The van der Waals surface area contributed by atoms with E-state index in [1.54, 1.807) is 0 Å². The van der Waals surface area contributed by atoms with Crippen molar-refractivity contribution in [2.45, 2.75) is 0 Å².